The summed E-state index contributed by atoms with van der Waals surface area (Å²) in [6.07, 6.45) is 0.900. The predicted molar refractivity (Wildman–Crippen MR) is 200 cm³/mol. The molecule has 7 atom stereocenters. The minimum atomic E-state index is -5.14. The number of H-pyrrole nitrogens is 2. The van der Waals surface area contributed by atoms with Gasteiger partial charge in [-0.05, 0) is 13.8 Å². The zero-order valence-electron chi connectivity index (χ0n) is 31.4. The van der Waals surface area contributed by atoms with Gasteiger partial charge in [0.2, 0.25) is 11.9 Å². The van der Waals surface area contributed by atoms with E-state index in [9.17, 15) is 33.5 Å². The van der Waals surface area contributed by atoms with Crippen molar-refractivity contribution in [2.75, 3.05) is 64.2 Å². The van der Waals surface area contributed by atoms with Crippen LogP contribution in [0.2, 0.25) is 0 Å². The van der Waals surface area contributed by atoms with Gasteiger partial charge in [0.05, 0.1) is 31.7 Å². The summed E-state index contributed by atoms with van der Waals surface area (Å²) >= 11 is 0. The molecule has 0 spiro atoms. The predicted octanol–water partition coefficient (Wildman–Crippen LogP) is 1.91. The maximum Gasteiger partial charge on any atom is 0.492 e. The van der Waals surface area contributed by atoms with Gasteiger partial charge in [-0.15, -0.1) is 12.3 Å². The van der Waals surface area contributed by atoms with Crippen molar-refractivity contribution >= 4 is 52.3 Å². The van der Waals surface area contributed by atoms with E-state index in [0.717, 1.165) is 32.2 Å². The van der Waals surface area contributed by atoms with Gasteiger partial charge in [0, 0.05) is 27.5 Å². The minimum Gasteiger partial charge on any atom is -0.387 e. The Bertz CT molecular complexity index is 2070. The molecule has 4 heterocycles. The lowest BCUT2D eigenvalue weighted by Gasteiger charge is -2.24. The Balaban J connectivity index is 0.00000206. The lowest BCUT2D eigenvalue weighted by molar-refractivity contribution is -0.0508. The van der Waals surface area contributed by atoms with E-state index in [4.69, 9.17) is 52.2 Å². The smallest absolute Gasteiger partial charge is 0.387 e. The summed E-state index contributed by atoms with van der Waals surface area (Å²) in [5.41, 5.74) is 10.1. The second kappa shape index (κ2) is 21.6. The van der Waals surface area contributed by atoms with Gasteiger partial charge >= 0.3 is 23.5 Å². The average Bonchev–Trinajstić information content (AvgIpc) is 3.71. The van der Waals surface area contributed by atoms with Gasteiger partial charge in [-0.2, -0.15) is 18.6 Å². The molecule has 0 amide bonds. The molecule has 3 aromatic heterocycles. The third-order valence-corrected chi connectivity index (χ3v) is 12.4. The largest absolute Gasteiger partial charge is 0.492 e. The summed E-state index contributed by atoms with van der Waals surface area (Å²) in [6, 6.07) is 0. The SMILES string of the molecule is C#CC.C=CN(COCCOP(=O)(OC)OP(=O)(OC)OP(=O)(OC)OCC1OC(n2cnc3c(=O)[nH]c(N)nc32)C(O)C1O)c1nc(N)[nH]c(=O)c1C.CC. The molecule has 1 aliphatic heterocycles. The zero-order valence-corrected chi connectivity index (χ0v) is 34.1. The van der Waals surface area contributed by atoms with Gasteiger partial charge in [-0.25, -0.2) is 18.7 Å². The lowest BCUT2D eigenvalue weighted by Crippen LogP contribution is -2.33. The first-order valence-electron chi connectivity index (χ1n) is 16.1. The van der Waals surface area contributed by atoms with Crippen LogP contribution in [0.3, 0.4) is 0 Å². The standard InChI is InChI=1S/C23H36N9O16P3.C3H4.C2H6/c1-6-31(17-12(2)19(35)29-22(24)27-17)11-43-7-8-44-49(37,40-3)47-51(39,42-5)48-50(38,41-4)45-9-13-15(33)16(34)21(46-13)32-10-26-14-18(32)28-23(25)30-20(14)36;1-3-2;1-2/h6,10,13,15-16,21,33-34H,1,7-9,11H2,2-5H3,(H3,24,27,29,35)(H3,25,28,30,36);1H,2H3;1-2H3. The molecule has 1 aliphatic rings. The van der Waals surface area contributed by atoms with Crippen molar-refractivity contribution in [3.05, 3.63) is 45.4 Å². The summed E-state index contributed by atoms with van der Waals surface area (Å²) < 4.78 is 86.2. The number of phosphoric ester groups is 2. The van der Waals surface area contributed by atoms with Crippen LogP contribution in [0.4, 0.5) is 17.7 Å². The van der Waals surface area contributed by atoms with Crippen molar-refractivity contribution in [3.63, 3.8) is 0 Å². The highest BCUT2D eigenvalue weighted by Gasteiger charge is 2.49. The number of aliphatic hydroxyl groups is 2. The van der Waals surface area contributed by atoms with Crippen molar-refractivity contribution in [2.24, 2.45) is 0 Å². The second-order valence-electron chi connectivity index (χ2n) is 10.4. The van der Waals surface area contributed by atoms with Gasteiger partial charge in [0.15, 0.2) is 17.4 Å². The highest BCUT2D eigenvalue weighted by atomic mass is 31.3. The molecule has 1 saturated heterocycles. The molecule has 0 aliphatic carbocycles. The number of imidazole rings is 1. The number of rotatable bonds is 19. The summed E-state index contributed by atoms with van der Waals surface area (Å²) in [5, 5.41) is 21.3. The Morgan fingerprint density at radius 1 is 0.982 bits per heavy atom. The number of nitrogens with two attached hydrogens (primary N) is 2. The second-order valence-corrected chi connectivity index (χ2v) is 16.0. The number of nitrogen functional groups attached to an aromatic ring is 2. The normalized spacial score (nSPS) is 20.9. The van der Waals surface area contributed by atoms with Gasteiger partial charge < -0.3 is 36.1 Å². The van der Waals surface area contributed by atoms with Crippen molar-refractivity contribution < 1.29 is 64.6 Å². The molecule has 7 unspecified atom stereocenters. The van der Waals surface area contributed by atoms with Crippen molar-refractivity contribution in [2.45, 2.75) is 52.2 Å². The number of ether oxygens (including phenoxy) is 2. The van der Waals surface area contributed by atoms with Crippen LogP contribution < -0.4 is 27.5 Å². The summed E-state index contributed by atoms with van der Waals surface area (Å²) in [7, 11) is -12.4. The van der Waals surface area contributed by atoms with Crippen LogP contribution in [0.1, 0.15) is 32.6 Å². The van der Waals surface area contributed by atoms with E-state index >= 15 is 0 Å². The van der Waals surface area contributed by atoms with Crippen LogP contribution in [0.5, 0.6) is 0 Å². The molecule has 28 heteroatoms. The van der Waals surface area contributed by atoms with E-state index in [2.05, 4.69) is 43.8 Å². The van der Waals surface area contributed by atoms with Crippen molar-refractivity contribution in [3.8, 4) is 12.3 Å². The topological polar surface area (TPSA) is 339 Å². The number of nitrogens with zero attached hydrogens (tertiary/aromatic N) is 5. The van der Waals surface area contributed by atoms with Gasteiger partial charge in [0.1, 0.15) is 30.9 Å². The molecular formula is C28H46N9O16P3. The molecule has 0 aromatic carbocycles. The van der Waals surface area contributed by atoms with Crippen LogP contribution in [0.25, 0.3) is 11.2 Å². The highest BCUT2D eigenvalue weighted by Crippen LogP contribution is 2.72. The molecule has 25 nitrogen and oxygen atoms in total. The van der Waals surface area contributed by atoms with E-state index in [-0.39, 0.29) is 47.8 Å². The molecule has 0 saturated carbocycles. The number of terminal acetylenes is 1. The van der Waals surface area contributed by atoms with Crippen LogP contribution in [-0.2, 0) is 54.4 Å². The summed E-state index contributed by atoms with van der Waals surface area (Å²) in [6.45, 7) is 8.99. The van der Waals surface area contributed by atoms with Crippen LogP contribution in [-0.4, -0.2) is 106 Å². The molecule has 8 N–H and O–H groups in total. The third-order valence-electron chi connectivity index (χ3n) is 6.87. The van der Waals surface area contributed by atoms with Crippen LogP contribution in [0.15, 0.2) is 28.7 Å². The van der Waals surface area contributed by atoms with Gasteiger partial charge in [0.25, 0.3) is 11.1 Å². The van der Waals surface area contributed by atoms with Crippen LogP contribution >= 0.6 is 23.5 Å². The van der Waals surface area contributed by atoms with Gasteiger partial charge in [-0.3, -0.25) is 46.7 Å². The molecule has 0 bridgehead atoms. The van der Waals surface area contributed by atoms with Crippen molar-refractivity contribution in [1.29, 1.82) is 0 Å². The number of anilines is 3. The van der Waals surface area contributed by atoms with Gasteiger partial charge in [-0.1, -0.05) is 20.4 Å². The summed E-state index contributed by atoms with van der Waals surface area (Å²) in [5.74, 6) is 2.03. The first-order chi connectivity index (χ1) is 26.4. The Hall–Kier alpha value is -3.82. The number of hydrogen-bond acceptors (Lipinski definition) is 22. The Morgan fingerprint density at radius 2 is 1.54 bits per heavy atom. The first kappa shape index (κ1) is 48.3. The average molecular weight is 858 g/mol. The Labute approximate surface area is 320 Å². The third kappa shape index (κ3) is 12.3. The number of aromatic nitrogens is 6. The fourth-order valence-electron chi connectivity index (χ4n) is 4.32. The van der Waals surface area contributed by atoms with E-state index in [1.165, 1.54) is 18.0 Å². The number of phosphoric acid groups is 3. The van der Waals surface area contributed by atoms with E-state index < -0.39 is 72.3 Å². The number of aromatic amines is 2. The molecule has 314 valence electrons. The molecule has 4 rings (SSSR count). The maximum atomic E-state index is 13.3. The van der Waals surface area contributed by atoms with E-state index in [1.54, 1.807) is 6.92 Å². The number of hydrogen-bond donors (Lipinski definition) is 6. The first-order valence-corrected chi connectivity index (χ1v) is 20.4. The monoisotopic (exact) mass is 857 g/mol. The maximum absolute atomic E-state index is 13.3. The summed E-state index contributed by atoms with van der Waals surface area (Å²) in [4.78, 5) is 42.0. The lowest BCUT2D eigenvalue weighted by atomic mass is 10.1. The number of nitrogens with one attached hydrogen (secondary N) is 2. The quantitative estimate of drug-likeness (QED) is 0.0434. The zero-order chi connectivity index (χ0) is 42.4. The fourth-order valence-corrected chi connectivity index (χ4v) is 8.95. The van der Waals surface area contributed by atoms with E-state index in [1.807, 2.05) is 13.8 Å². The molecular weight excluding hydrogens is 811 g/mol. The minimum absolute atomic E-state index is 0.0729. The molecule has 0 radical (unpaired) electrons. The number of aliphatic hydroxyl groups excluding tert-OH is 2. The Morgan fingerprint density at radius 3 is 2.11 bits per heavy atom. The number of fused-ring (bicyclic) bond motifs is 1. The van der Waals surface area contributed by atoms with Crippen LogP contribution in [0, 0.1) is 19.3 Å². The van der Waals surface area contributed by atoms with Crippen molar-refractivity contribution in [1.82, 2.24) is 29.5 Å². The molecule has 1 fully saturated rings. The fraction of sp³-hybridized carbons (Fsp3) is 0.536. The molecule has 3 aromatic rings. The Kier molecular flexibility index (Phi) is 18.7. The highest BCUT2D eigenvalue weighted by molar-refractivity contribution is 7.67. The van der Waals surface area contributed by atoms with E-state index in [0.29, 0.717) is 0 Å². The molecule has 56 heavy (non-hydrogen) atoms.